The van der Waals surface area contributed by atoms with Gasteiger partial charge in [-0.05, 0) is 96.3 Å². The maximum atomic E-state index is 13.2. The molecule has 1 heterocycles. The molecule has 0 amide bonds. The summed E-state index contributed by atoms with van der Waals surface area (Å²) in [4.78, 5) is 51.2. The highest BCUT2D eigenvalue weighted by atomic mass is 16.7. The van der Waals surface area contributed by atoms with Crippen molar-refractivity contribution in [2.45, 2.75) is 302 Å². The number of aliphatic hydroxyl groups excluding tert-OH is 2. The smallest absolute Gasteiger partial charge is 0.335 e. The Morgan fingerprint density at radius 2 is 0.797 bits per heavy atom. The maximum absolute atomic E-state index is 13.2. The van der Waals surface area contributed by atoms with Crippen LogP contribution in [0.25, 0.3) is 0 Å². The van der Waals surface area contributed by atoms with E-state index in [2.05, 4.69) is 106 Å². The van der Waals surface area contributed by atoms with Crippen molar-refractivity contribution in [3.8, 4) is 0 Å². The molecule has 0 aliphatic carbocycles. The summed E-state index contributed by atoms with van der Waals surface area (Å²) in [5.41, 5.74) is 0. The van der Waals surface area contributed by atoms with Crippen molar-refractivity contribution in [1.82, 2.24) is 0 Å². The average Bonchev–Trinajstić information content (AvgIpc) is 3.44. The highest BCUT2D eigenvalue weighted by molar-refractivity contribution is 5.74. The van der Waals surface area contributed by atoms with E-state index in [4.69, 9.17) is 23.7 Å². The summed E-state index contributed by atoms with van der Waals surface area (Å²) in [5, 5.41) is 31.5. The number of aliphatic hydroxyl groups is 2. The third-order valence-electron chi connectivity index (χ3n) is 14.0. The minimum Gasteiger partial charge on any atom is -0.479 e. The molecule has 3 N–H and O–H groups in total. The zero-order chi connectivity index (χ0) is 57.5. The van der Waals surface area contributed by atoms with Crippen molar-refractivity contribution in [3.63, 3.8) is 0 Å². The number of carbonyl (C=O) groups excluding carboxylic acids is 3. The fourth-order valence-electron chi connectivity index (χ4n) is 9.13. The van der Waals surface area contributed by atoms with Crippen LogP contribution in [0.5, 0.6) is 0 Å². The van der Waals surface area contributed by atoms with Crippen LogP contribution in [0.4, 0.5) is 0 Å². The average molecular weight is 1110 g/mol. The second kappa shape index (κ2) is 54.5. The summed E-state index contributed by atoms with van der Waals surface area (Å²) in [6.45, 7) is 5.84. The minimum atomic E-state index is -1.92. The molecule has 1 saturated heterocycles. The van der Waals surface area contributed by atoms with Gasteiger partial charge >= 0.3 is 23.9 Å². The Bertz CT molecular complexity index is 1700. The first-order valence-corrected chi connectivity index (χ1v) is 31.6. The van der Waals surface area contributed by atoms with Crippen molar-refractivity contribution in [1.29, 1.82) is 0 Å². The lowest BCUT2D eigenvalue weighted by Crippen LogP contribution is -2.61. The molecule has 1 aliphatic rings. The number of aliphatic carboxylic acids is 1. The molecule has 12 nitrogen and oxygen atoms in total. The number of carboxylic acid groups (broad SMARTS) is 1. The van der Waals surface area contributed by atoms with E-state index in [1.165, 1.54) is 96.3 Å². The van der Waals surface area contributed by atoms with Crippen molar-refractivity contribution in [3.05, 3.63) is 85.1 Å². The van der Waals surface area contributed by atoms with Crippen molar-refractivity contribution >= 4 is 23.9 Å². The maximum Gasteiger partial charge on any atom is 0.335 e. The van der Waals surface area contributed by atoms with Crippen LogP contribution in [-0.4, -0.2) is 89.2 Å². The van der Waals surface area contributed by atoms with Crippen LogP contribution >= 0.6 is 0 Å². The largest absolute Gasteiger partial charge is 0.479 e. The topological polar surface area (TPSA) is 175 Å². The van der Waals surface area contributed by atoms with Crippen molar-refractivity contribution in [2.24, 2.45) is 0 Å². The van der Waals surface area contributed by atoms with Gasteiger partial charge in [0.05, 0.1) is 6.61 Å². The summed E-state index contributed by atoms with van der Waals surface area (Å²) in [7, 11) is 0. The van der Waals surface area contributed by atoms with Gasteiger partial charge in [0.1, 0.15) is 18.8 Å². The van der Waals surface area contributed by atoms with E-state index in [9.17, 15) is 34.5 Å². The zero-order valence-corrected chi connectivity index (χ0v) is 49.8. The Morgan fingerprint density at radius 1 is 0.430 bits per heavy atom. The van der Waals surface area contributed by atoms with Gasteiger partial charge in [-0.25, -0.2) is 4.79 Å². The normalized spacial score (nSPS) is 18.4. The Labute approximate surface area is 480 Å². The highest BCUT2D eigenvalue weighted by Gasteiger charge is 2.50. The molecule has 0 aromatic rings. The van der Waals surface area contributed by atoms with Crippen LogP contribution in [0.2, 0.25) is 0 Å². The summed E-state index contributed by atoms with van der Waals surface area (Å²) < 4.78 is 28.4. The van der Waals surface area contributed by atoms with Gasteiger partial charge < -0.3 is 39.0 Å². The molecule has 452 valence electrons. The lowest BCUT2D eigenvalue weighted by atomic mass is 9.98. The Balaban J connectivity index is 2.70. The number of allylic oxidation sites excluding steroid dienone is 14. The number of esters is 3. The number of hydrogen-bond donors (Lipinski definition) is 3. The monoisotopic (exact) mass is 1110 g/mol. The van der Waals surface area contributed by atoms with E-state index < -0.39 is 67.3 Å². The van der Waals surface area contributed by atoms with E-state index in [0.717, 1.165) is 103 Å². The lowest BCUT2D eigenvalue weighted by molar-refractivity contribution is -0.301. The standard InChI is InChI=1S/C67H112O12/c1-4-7-10-13-16-19-22-25-28-29-30-31-34-35-38-41-44-47-50-53-59(68)75-56-58(77-60(69)54-51-48-45-42-39-36-32-26-23-20-17-14-11-8-5-2)57-76-67-65(63(72)62(71)64(79-67)66(73)74)78-61(70)55-52-49-46-43-40-37-33-27-24-21-18-15-12-9-6-3/h9,12,16,18-19,21,25,27-28,30-31,33,40,43,58,62-65,67,71-72H,4-8,10-11,13-15,17,20,22-24,26,29,32,34-39,41-42,44-57H2,1-3H3,(H,73,74)/b12-9-,19-16-,21-18-,28-25-,31-30-,33-27-,43-40-. The van der Waals surface area contributed by atoms with Gasteiger partial charge in [0, 0.05) is 19.3 Å². The van der Waals surface area contributed by atoms with Gasteiger partial charge in [-0.1, -0.05) is 234 Å². The molecule has 1 aliphatic heterocycles. The summed E-state index contributed by atoms with van der Waals surface area (Å²) in [6.07, 6.45) is 58.3. The molecule has 12 heteroatoms. The lowest BCUT2D eigenvalue weighted by Gasteiger charge is -2.40. The zero-order valence-electron chi connectivity index (χ0n) is 49.8. The molecular weight excluding hydrogens is 997 g/mol. The molecule has 0 aromatic carbocycles. The summed E-state index contributed by atoms with van der Waals surface area (Å²) in [6, 6.07) is 0. The highest BCUT2D eigenvalue weighted by Crippen LogP contribution is 2.26. The molecule has 0 saturated carbocycles. The minimum absolute atomic E-state index is 0.00521. The van der Waals surface area contributed by atoms with Crippen LogP contribution in [0.3, 0.4) is 0 Å². The van der Waals surface area contributed by atoms with Crippen molar-refractivity contribution in [2.75, 3.05) is 13.2 Å². The third-order valence-corrected chi connectivity index (χ3v) is 14.0. The predicted molar refractivity (Wildman–Crippen MR) is 321 cm³/mol. The number of rotatable bonds is 53. The van der Waals surface area contributed by atoms with E-state index in [0.29, 0.717) is 25.7 Å². The van der Waals surface area contributed by atoms with Gasteiger partial charge in [0.15, 0.2) is 24.6 Å². The van der Waals surface area contributed by atoms with Crippen LogP contribution in [0.15, 0.2) is 85.1 Å². The Morgan fingerprint density at radius 3 is 1.27 bits per heavy atom. The molecule has 1 fully saturated rings. The molecular formula is C67H112O12. The molecule has 6 atom stereocenters. The fourth-order valence-corrected chi connectivity index (χ4v) is 9.13. The van der Waals surface area contributed by atoms with Gasteiger partial charge in [0.25, 0.3) is 0 Å². The quantitative estimate of drug-likeness (QED) is 0.0228. The van der Waals surface area contributed by atoms with Gasteiger partial charge in [-0.15, -0.1) is 0 Å². The number of carbonyl (C=O) groups is 4. The summed E-state index contributed by atoms with van der Waals surface area (Å²) in [5.74, 6) is -3.18. The molecule has 0 radical (unpaired) electrons. The molecule has 0 aromatic heterocycles. The van der Waals surface area contributed by atoms with E-state index in [1.807, 2.05) is 0 Å². The predicted octanol–water partition coefficient (Wildman–Crippen LogP) is 16.7. The molecule has 0 bridgehead atoms. The van der Waals surface area contributed by atoms with Crippen LogP contribution in [0, 0.1) is 0 Å². The van der Waals surface area contributed by atoms with Gasteiger partial charge in [-0.3, -0.25) is 14.4 Å². The van der Waals surface area contributed by atoms with E-state index >= 15 is 0 Å². The van der Waals surface area contributed by atoms with Crippen molar-refractivity contribution < 1.29 is 58.2 Å². The molecule has 0 spiro atoms. The molecule has 1 rings (SSSR count). The summed E-state index contributed by atoms with van der Waals surface area (Å²) >= 11 is 0. The first kappa shape index (κ1) is 72.9. The number of ether oxygens (including phenoxy) is 5. The Hall–Kier alpha value is -4.10. The Kier molecular flexibility index (Phi) is 50.3. The first-order valence-electron chi connectivity index (χ1n) is 31.6. The van der Waals surface area contributed by atoms with Gasteiger partial charge in [-0.2, -0.15) is 0 Å². The second-order valence-electron chi connectivity index (χ2n) is 21.3. The third kappa shape index (κ3) is 44.3. The molecule has 6 unspecified atom stereocenters. The number of unbranched alkanes of at least 4 members (excludes halogenated alkanes) is 25. The van der Waals surface area contributed by atoms with Crippen LogP contribution < -0.4 is 0 Å². The van der Waals surface area contributed by atoms with E-state index in [1.54, 1.807) is 0 Å². The second-order valence-corrected chi connectivity index (χ2v) is 21.3. The molecule has 79 heavy (non-hydrogen) atoms. The van der Waals surface area contributed by atoms with Crippen LogP contribution in [-0.2, 0) is 42.9 Å². The van der Waals surface area contributed by atoms with Crippen LogP contribution in [0.1, 0.15) is 265 Å². The number of hydrogen-bond acceptors (Lipinski definition) is 11. The van der Waals surface area contributed by atoms with E-state index in [-0.39, 0.29) is 25.9 Å². The van der Waals surface area contributed by atoms with Gasteiger partial charge in [0.2, 0.25) is 0 Å². The number of carboxylic acids is 1. The SMILES string of the molecule is CC/C=C\C/C=C\C/C=C\C/C=C\CCCCC(=O)OC1C(OCC(COC(=O)CCCCCCCC/C=C\C/C=C\C/C=C\CCCCC)OC(=O)CCCCCCCCCCCCCCCCC)OC(C(=O)O)C(O)C1O. The first-order chi connectivity index (χ1) is 38.6. The fraction of sp³-hybridized carbons (Fsp3) is 0.731.